The number of nitrogens with one attached hydrogen (secondary N) is 1. The number of phenols is 1. The van der Waals surface area contributed by atoms with Crippen molar-refractivity contribution in [2.45, 2.75) is 44.8 Å². The maximum atomic E-state index is 14.7. The molecule has 2 aliphatic heterocycles. The zero-order chi connectivity index (χ0) is 26.6. The first-order valence-electron chi connectivity index (χ1n) is 12.9. The lowest BCUT2D eigenvalue weighted by Gasteiger charge is -2.40. The molecule has 0 aromatic heterocycles. The van der Waals surface area contributed by atoms with Gasteiger partial charge in [0.2, 0.25) is 5.91 Å². The molecule has 1 fully saturated rings. The molecule has 0 bridgehead atoms. The van der Waals surface area contributed by atoms with Crippen LogP contribution in [-0.4, -0.2) is 88.3 Å². The van der Waals surface area contributed by atoms with E-state index in [1.165, 1.54) is 0 Å². The summed E-state index contributed by atoms with van der Waals surface area (Å²) in [5.41, 5.74) is 4.03. The highest BCUT2D eigenvalue weighted by Gasteiger charge is 2.33. The van der Waals surface area contributed by atoms with Gasteiger partial charge in [0.1, 0.15) is 11.4 Å². The van der Waals surface area contributed by atoms with E-state index < -0.39 is 5.67 Å². The van der Waals surface area contributed by atoms with Gasteiger partial charge in [0.25, 0.3) is 5.91 Å². The molecule has 8 nitrogen and oxygen atoms in total. The van der Waals surface area contributed by atoms with Crippen LogP contribution >= 0.6 is 0 Å². The fourth-order valence-corrected chi connectivity index (χ4v) is 5.39. The van der Waals surface area contributed by atoms with E-state index in [-0.39, 0.29) is 36.6 Å². The number of hydroxylamine groups is 1. The second kappa shape index (κ2) is 11.6. The molecule has 0 saturated carbocycles. The fraction of sp³-hybridized carbons (Fsp3) is 0.500. The first kappa shape index (κ1) is 27.0. The lowest BCUT2D eigenvalue weighted by atomic mass is 9.87. The van der Waals surface area contributed by atoms with Crippen LogP contribution in [-0.2, 0) is 11.2 Å². The summed E-state index contributed by atoms with van der Waals surface area (Å²) in [4.78, 5) is 30.5. The fourth-order valence-electron chi connectivity index (χ4n) is 5.39. The standard InChI is InChI=1S/C28H37FN4O4/c1-28(2,29)19-33-13-11-22-18-23(34)9-10-24(22)26(33)20-5-7-21(8-6-20)27(36)32-16-14-31(15-17-32)12-3-4-25(35)30-37/h5-10,18,26,34,37H,3-4,11-17,19H2,1-2H3,(H,30,35). The molecule has 2 heterocycles. The van der Waals surface area contributed by atoms with Gasteiger partial charge in [0, 0.05) is 51.3 Å². The minimum atomic E-state index is -1.35. The van der Waals surface area contributed by atoms with Crippen molar-refractivity contribution in [3.05, 3.63) is 64.7 Å². The Morgan fingerprint density at radius 2 is 1.76 bits per heavy atom. The number of carbonyl (C=O) groups excluding carboxylic acids is 2. The largest absolute Gasteiger partial charge is 0.508 e. The summed E-state index contributed by atoms with van der Waals surface area (Å²) < 4.78 is 14.7. The van der Waals surface area contributed by atoms with E-state index in [0.717, 1.165) is 42.7 Å². The minimum absolute atomic E-state index is 0.0124. The summed E-state index contributed by atoms with van der Waals surface area (Å²) in [6, 6.07) is 12.9. The number of aromatic hydroxyl groups is 1. The first-order chi connectivity index (χ1) is 17.6. The van der Waals surface area contributed by atoms with Crippen LogP contribution in [0, 0.1) is 0 Å². The minimum Gasteiger partial charge on any atom is -0.508 e. The Kier molecular flexibility index (Phi) is 8.46. The molecule has 0 spiro atoms. The summed E-state index contributed by atoms with van der Waals surface area (Å²) in [5, 5.41) is 18.6. The van der Waals surface area contributed by atoms with Gasteiger partial charge in [0.15, 0.2) is 0 Å². The van der Waals surface area contributed by atoms with E-state index in [1.54, 1.807) is 31.5 Å². The monoisotopic (exact) mass is 512 g/mol. The van der Waals surface area contributed by atoms with Gasteiger partial charge >= 0.3 is 0 Å². The SMILES string of the molecule is CC(C)(F)CN1CCc2cc(O)ccc2C1c1ccc(C(=O)N2CCN(CCCC(=O)NO)CC2)cc1. The van der Waals surface area contributed by atoms with Crippen molar-refractivity contribution < 1.29 is 24.3 Å². The highest BCUT2D eigenvalue weighted by atomic mass is 19.1. The molecule has 2 aromatic carbocycles. The van der Waals surface area contributed by atoms with Gasteiger partial charge in [0.05, 0.1) is 6.04 Å². The van der Waals surface area contributed by atoms with Crippen molar-refractivity contribution in [2.75, 3.05) is 45.8 Å². The van der Waals surface area contributed by atoms with Gasteiger partial charge in [-0.2, -0.15) is 0 Å². The summed E-state index contributed by atoms with van der Waals surface area (Å²) in [7, 11) is 0. The van der Waals surface area contributed by atoms with Crippen LogP contribution in [0.1, 0.15) is 59.8 Å². The Hall–Kier alpha value is -3.01. The zero-order valence-electron chi connectivity index (χ0n) is 21.6. The Morgan fingerprint density at radius 1 is 1.05 bits per heavy atom. The third-order valence-electron chi connectivity index (χ3n) is 7.17. The van der Waals surface area contributed by atoms with Crippen molar-refractivity contribution in [1.82, 2.24) is 20.2 Å². The molecule has 4 rings (SSSR count). The Morgan fingerprint density at radius 3 is 2.41 bits per heavy atom. The topological polar surface area (TPSA) is 96.4 Å². The molecule has 2 aliphatic rings. The van der Waals surface area contributed by atoms with Crippen molar-refractivity contribution in [3.63, 3.8) is 0 Å². The molecule has 1 unspecified atom stereocenters. The predicted molar refractivity (Wildman–Crippen MR) is 138 cm³/mol. The van der Waals surface area contributed by atoms with Gasteiger partial charge in [-0.1, -0.05) is 18.2 Å². The number of benzene rings is 2. The van der Waals surface area contributed by atoms with Crippen LogP contribution in [0.3, 0.4) is 0 Å². The van der Waals surface area contributed by atoms with E-state index >= 15 is 0 Å². The molecule has 3 N–H and O–H groups in total. The molecule has 1 atom stereocenters. The van der Waals surface area contributed by atoms with Gasteiger partial charge in [-0.15, -0.1) is 0 Å². The van der Waals surface area contributed by atoms with Crippen LogP contribution in [0.25, 0.3) is 0 Å². The highest BCUT2D eigenvalue weighted by molar-refractivity contribution is 5.94. The number of fused-ring (bicyclic) bond motifs is 1. The van der Waals surface area contributed by atoms with Crippen LogP contribution < -0.4 is 5.48 Å². The number of alkyl halides is 1. The summed E-state index contributed by atoms with van der Waals surface area (Å²) >= 11 is 0. The Balaban J connectivity index is 1.43. The number of amides is 2. The zero-order valence-corrected chi connectivity index (χ0v) is 21.6. The van der Waals surface area contributed by atoms with Crippen LogP contribution in [0.5, 0.6) is 5.75 Å². The van der Waals surface area contributed by atoms with Crippen molar-refractivity contribution in [1.29, 1.82) is 0 Å². The van der Waals surface area contributed by atoms with Gasteiger partial charge in [-0.3, -0.25) is 24.6 Å². The predicted octanol–water partition coefficient (Wildman–Crippen LogP) is 3.13. The highest BCUT2D eigenvalue weighted by Crippen LogP contribution is 2.37. The summed E-state index contributed by atoms with van der Waals surface area (Å²) in [6.45, 7) is 7.61. The van der Waals surface area contributed by atoms with Gasteiger partial charge in [-0.05, 0) is 74.2 Å². The van der Waals surface area contributed by atoms with E-state index in [2.05, 4.69) is 9.80 Å². The number of rotatable bonds is 8. The molecule has 0 radical (unpaired) electrons. The number of nitrogens with zero attached hydrogens (tertiary/aromatic N) is 3. The number of piperazine rings is 1. The third kappa shape index (κ3) is 6.85. The van der Waals surface area contributed by atoms with Crippen molar-refractivity contribution in [3.8, 4) is 5.75 Å². The molecule has 1 saturated heterocycles. The van der Waals surface area contributed by atoms with E-state index in [1.807, 2.05) is 35.2 Å². The third-order valence-corrected chi connectivity index (χ3v) is 7.17. The Bertz CT molecular complexity index is 1090. The molecule has 2 aromatic rings. The number of carbonyl (C=O) groups is 2. The number of halogens is 1. The Labute approximate surface area is 217 Å². The lowest BCUT2D eigenvalue weighted by Crippen LogP contribution is -2.48. The van der Waals surface area contributed by atoms with Crippen LogP contribution in [0.2, 0.25) is 0 Å². The second-order valence-electron chi connectivity index (χ2n) is 10.6. The van der Waals surface area contributed by atoms with E-state index in [0.29, 0.717) is 31.6 Å². The normalized spacial score (nSPS) is 18.9. The molecule has 2 amide bonds. The first-order valence-corrected chi connectivity index (χ1v) is 12.9. The average molecular weight is 513 g/mol. The summed E-state index contributed by atoms with van der Waals surface area (Å²) in [6.07, 6.45) is 1.67. The van der Waals surface area contributed by atoms with Crippen molar-refractivity contribution >= 4 is 11.8 Å². The van der Waals surface area contributed by atoms with E-state index in [9.17, 15) is 19.1 Å². The number of hydrogen-bond donors (Lipinski definition) is 3. The molecule has 200 valence electrons. The smallest absolute Gasteiger partial charge is 0.253 e. The van der Waals surface area contributed by atoms with Crippen LogP contribution in [0.15, 0.2) is 42.5 Å². The van der Waals surface area contributed by atoms with Crippen molar-refractivity contribution in [2.24, 2.45) is 0 Å². The number of phenolic OH excluding ortho intramolecular Hbond substituents is 1. The molecule has 0 aliphatic carbocycles. The lowest BCUT2D eigenvalue weighted by molar-refractivity contribution is -0.129. The number of hydrogen-bond acceptors (Lipinski definition) is 6. The quantitative estimate of drug-likeness (QED) is 0.372. The molecular weight excluding hydrogens is 475 g/mol. The maximum Gasteiger partial charge on any atom is 0.253 e. The van der Waals surface area contributed by atoms with Gasteiger partial charge in [-0.25, -0.2) is 9.87 Å². The molecule has 37 heavy (non-hydrogen) atoms. The average Bonchev–Trinajstić information content (AvgIpc) is 2.88. The molecule has 9 heteroatoms. The van der Waals surface area contributed by atoms with Crippen LogP contribution in [0.4, 0.5) is 4.39 Å². The summed E-state index contributed by atoms with van der Waals surface area (Å²) in [5.74, 6) is -0.168. The maximum absolute atomic E-state index is 14.7. The second-order valence-corrected chi connectivity index (χ2v) is 10.6. The van der Waals surface area contributed by atoms with Gasteiger partial charge < -0.3 is 10.0 Å². The molecular formula is C28H37FN4O4. The van der Waals surface area contributed by atoms with E-state index in [4.69, 9.17) is 5.21 Å².